The molecule has 2 N–H and O–H groups in total. The maximum absolute atomic E-state index is 11.8. The number of nitrogens with one attached hydrogen (secondary N) is 2. The summed E-state index contributed by atoms with van der Waals surface area (Å²) in [6.07, 6.45) is 4.26. The van der Waals surface area contributed by atoms with Crippen molar-refractivity contribution in [2.75, 3.05) is 25.0 Å². The SMILES string of the molecule is C=CCn1ncc(NCCNCCC)c(Cl)c1=O. The summed E-state index contributed by atoms with van der Waals surface area (Å²) in [5.41, 5.74) is 0.267. The minimum atomic E-state index is -0.303. The Balaban J connectivity index is 2.59. The van der Waals surface area contributed by atoms with Gasteiger partial charge >= 0.3 is 0 Å². The fraction of sp³-hybridized carbons (Fsp3) is 0.500. The van der Waals surface area contributed by atoms with Gasteiger partial charge in [0.15, 0.2) is 0 Å². The number of hydrogen-bond donors (Lipinski definition) is 2. The fourth-order valence-corrected chi connectivity index (χ4v) is 1.64. The lowest BCUT2D eigenvalue weighted by Crippen LogP contribution is -2.26. The topological polar surface area (TPSA) is 59.0 Å². The zero-order chi connectivity index (χ0) is 13.4. The molecule has 100 valence electrons. The van der Waals surface area contributed by atoms with Crippen LogP contribution in [0.25, 0.3) is 0 Å². The third kappa shape index (κ3) is 4.16. The van der Waals surface area contributed by atoms with Crippen molar-refractivity contribution in [3.05, 3.63) is 34.2 Å². The summed E-state index contributed by atoms with van der Waals surface area (Å²) in [4.78, 5) is 11.8. The Kier molecular flexibility index (Phi) is 6.46. The Morgan fingerprint density at radius 1 is 1.50 bits per heavy atom. The van der Waals surface area contributed by atoms with Crippen molar-refractivity contribution in [2.45, 2.75) is 19.9 Å². The van der Waals surface area contributed by atoms with E-state index in [-0.39, 0.29) is 10.6 Å². The maximum atomic E-state index is 11.8. The Morgan fingerprint density at radius 3 is 2.94 bits per heavy atom. The Labute approximate surface area is 112 Å². The van der Waals surface area contributed by atoms with E-state index >= 15 is 0 Å². The Morgan fingerprint density at radius 2 is 2.28 bits per heavy atom. The van der Waals surface area contributed by atoms with E-state index in [4.69, 9.17) is 11.6 Å². The molecule has 1 aromatic heterocycles. The largest absolute Gasteiger partial charge is 0.381 e. The molecule has 1 rings (SSSR count). The van der Waals surface area contributed by atoms with E-state index < -0.39 is 0 Å². The highest BCUT2D eigenvalue weighted by molar-refractivity contribution is 6.32. The molecule has 0 unspecified atom stereocenters. The number of hydrogen-bond acceptors (Lipinski definition) is 4. The van der Waals surface area contributed by atoms with Crippen LogP contribution < -0.4 is 16.2 Å². The molecule has 0 saturated heterocycles. The van der Waals surface area contributed by atoms with Gasteiger partial charge in [0.1, 0.15) is 5.02 Å². The molecule has 6 heteroatoms. The van der Waals surface area contributed by atoms with Crippen LogP contribution in [0.3, 0.4) is 0 Å². The molecule has 1 aromatic rings. The molecular formula is C12H19ClN4O. The van der Waals surface area contributed by atoms with Crippen LogP contribution in [0.2, 0.25) is 5.02 Å². The average molecular weight is 271 g/mol. The minimum absolute atomic E-state index is 0.169. The van der Waals surface area contributed by atoms with Crippen molar-refractivity contribution in [3.63, 3.8) is 0 Å². The highest BCUT2D eigenvalue weighted by atomic mass is 35.5. The van der Waals surface area contributed by atoms with E-state index in [1.807, 2.05) is 0 Å². The van der Waals surface area contributed by atoms with E-state index in [0.717, 1.165) is 19.5 Å². The number of aromatic nitrogens is 2. The normalized spacial score (nSPS) is 10.3. The molecule has 0 saturated carbocycles. The highest BCUT2D eigenvalue weighted by Gasteiger charge is 2.07. The van der Waals surface area contributed by atoms with Crippen LogP contribution in [0.15, 0.2) is 23.6 Å². The number of rotatable bonds is 8. The van der Waals surface area contributed by atoms with E-state index in [1.54, 1.807) is 12.3 Å². The molecule has 0 spiro atoms. The summed E-state index contributed by atoms with van der Waals surface area (Å²) in [5, 5.41) is 10.5. The molecule has 1 heterocycles. The molecule has 0 atom stereocenters. The van der Waals surface area contributed by atoms with Gasteiger partial charge in [-0.05, 0) is 13.0 Å². The molecule has 0 amide bonds. The lowest BCUT2D eigenvalue weighted by atomic mass is 10.4. The van der Waals surface area contributed by atoms with Crippen molar-refractivity contribution < 1.29 is 0 Å². The third-order valence-electron chi connectivity index (χ3n) is 2.33. The number of nitrogens with zero attached hydrogens (tertiary/aromatic N) is 2. The first kappa shape index (κ1) is 14.7. The monoisotopic (exact) mass is 270 g/mol. The molecule has 0 fully saturated rings. The Bertz CT molecular complexity index is 444. The molecule has 5 nitrogen and oxygen atoms in total. The second-order valence-corrected chi connectivity index (χ2v) is 4.20. The lowest BCUT2D eigenvalue weighted by Gasteiger charge is -2.09. The van der Waals surface area contributed by atoms with Gasteiger partial charge in [0, 0.05) is 13.1 Å². The molecule has 0 radical (unpaired) electrons. The summed E-state index contributed by atoms with van der Waals surface area (Å²) in [6.45, 7) is 8.53. The first-order chi connectivity index (χ1) is 8.70. The maximum Gasteiger partial charge on any atom is 0.287 e. The van der Waals surface area contributed by atoms with Crippen LogP contribution in [-0.2, 0) is 6.54 Å². The van der Waals surface area contributed by atoms with E-state index in [0.29, 0.717) is 18.8 Å². The van der Waals surface area contributed by atoms with Crippen LogP contribution >= 0.6 is 11.6 Å². The highest BCUT2D eigenvalue weighted by Crippen LogP contribution is 2.14. The van der Waals surface area contributed by atoms with Gasteiger partial charge in [-0.2, -0.15) is 5.10 Å². The second kappa shape index (κ2) is 7.89. The van der Waals surface area contributed by atoms with Gasteiger partial charge in [0.2, 0.25) is 0 Å². The van der Waals surface area contributed by atoms with Crippen LogP contribution in [0.1, 0.15) is 13.3 Å². The van der Waals surface area contributed by atoms with E-state index in [1.165, 1.54) is 4.68 Å². The molecule has 0 aliphatic rings. The van der Waals surface area contributed by atoms with Crippen LogP contribution in [0, 0.1) is 0 Å². The second-order valence-electron chi connectivity index (χ2n) is 3.82. The van der Waals surface area contributed by atoms with Gasteiger partial charge < -0.3 is 10.6 Å². The molecular weight excluding hydrogens is 252 g/mol. The predicted octanol–water partition coefficient (Wildman–Crippen LogP) is 1.49. The smallest absolute Gasteiger partial charge is 0.287 e. The lowest BCUT2D eigenvalue weighted by molar-refractivity contribution is 0.651. The summed E-state index contributed by atoms with van der Waals surface area (Å²) in [5.74, 6) is 0. The minimum Gasteiger partial charge on any atom is -0.381 e. The van der Waals surface area contributed by atoms with Crippen molar-refractivity contribution in [1.82, 2.24) is 15.1 Å². The molecule has 0 aliphatic carbocycles. The molecule has 0 aromatic carbocycles. The summed E-state index contributed by atoms with van der Waals surface area (Å²) in [7, 11) is 0. The molecule has 18 heavy (non-hydrogen) atoms. The van der Waals surface area contributed by atoms with Crippen molar-refractivity contribution >= 4 is 17.3 Å². The quantitative estimate of drug-likeness (QED) is 0.555. The first-order valence-corrected chi connectivity index (χ1v) is 6.39. The summed E-state index contributed by atoms with van der Waals surface area (Å²) in [6, 6.07) is 0. The van der Waals surface area contributed by atoms with Crippen molar-refractivity contribution in [2.24, 2.45) is 0 Å². The molecule has 0 bridgehead atoms. The van der Waals surface area contributed by atoms with Gasteiger partial charge in [0.05, 0.1) is 18.4 Å². The summed E-state index contributed by atoms with van der Waals surface area (Å²) < 4.78 is 1.27. The van der Waals surface area contributed by atoms with Crippen LogP contribution in [0.5, 0.6) is 0 Å². The van der Waals surface area contributed by atoms with Crippen molar-refractivity contribution in [1.29, 1.82) is 0 Å². The zero-order valence-corrected chi connectivity index (χ0v) is 11.3. The number of halogens is 1. The molecule has 0 aliphatic heterocycles. The predicted molar refractivity (Wildman–Crippen MR) is 75.4 cm³/mol. The average Bonchev–Trinajstić information content (AvgIpc) is 2.37. The van der Waals surface area contributed by atoms with E-state index in [9.17, 15) is 4.79 Å². The van der Waals surface area contributed by atoms with Gasteiger partial charge in [-0.1, -0.05) is 24.6 Å². The number of anilines is 1. The third-order valence-corrected chi connectivity index (χ3v) is 2.70. The van der Waals surface area contributed by atoms with Gasteiger partial charge in [0.25, 0.3) is 5.56 Å². The van der Waals surface area contributed by atoms with Crippen LogP contribution in [-0.4, -0.2) is 29.4 Å². The van der Waals surface area contributed by atoms with Crippen LogP contribution in [0.4, 0.5) is 5.69 Å². The Hall–Kier alpha value is -1.33. The summed E-state index contributed by atoms with van der Waals surface area (Å²) >= 11 is 5.98. The van der Waals surface area contributed by atoms with E-state index in [2.05, 4.69) is 29.2 Å². The van der Waals surface area contributed by atoms with Gasteiger partial charge in [-0.15, -0.1) is 6.58 Å². The van der Waals surface area contributed by atoms with Gasteiger partial charge in [-0.25, -0.2) is 4.68 Å². The van der Waals surface area contributed by atoms with Gasteiger partial charge in [-0.3, -0.25) is 4.79 Å². The van der Waals surface area contributed by atoms with Crippen molar-refractivity contribution in [3.8, 4) is 0 Å². The standard InChI is InChI=1S/C12H19ClN4O/c1-3-5-14-6-7-15-10-9-16-17(8-4-2)12(18)11(10)13/h4,9,14-15H,2-3,5-8H2,1H3. The first-order valence-electron chi connectivity index (χ1n) is 6.01. The zero-order valence-electron chi connectivity index (χ0n) is 10.6. The fourth-order valence-electron chi connectivity index (χ4n) is 1.43. The number of allylic oxidation sites excluding steroid dienone is 1.